The Bertz CT molecular complexity index is 426. The predicted molar refractivity (Wildman–Crippen MR) is 41.8 cm³/mol. The van der Waals surface area contributed by atoms with Gasteiger partial charge in [-0.25, -0.2) is 0 Å². The van der Waals surface area contributed by atoms with Crippen molar-refractivity contribution in [2.45, 2.75) is 0 Å². The van der Waals surface area contributed by atoms with Gasteiger partial charge in [-0.2, -0.15) is 0 Å². The molecule has 1 aromatic rings. The molecule has 16 heavy (non-hydrogen) atoms. The maximum absolute atomic E-state index is 10.5. The van der Waals surface area contributed by atoms with E-state index in [1.54, 1.807) is 0 Å². The molecule has 0 aliphatic rings. The molecule has 0 aliphatic carbocycles. The van der Waals surface area contributed by atoms with Gasteiger partial charge in [0.25, 0.3) is 5.69 Å². The number of aromatic carboxylic acids is 2. The van der Waals surface area contributed by atoms with Crippen molar-refractivity contribution in [3.05, 3.63) is 39.4 Å². The summed E-state index contributed by atoms with van der Waals surface area (Å²) < 4.78 is 0. The Morgan fingerprint density at radius 3 is 2.06 bits per heavy atom. The molecule has 1 radical (unpaired) electrons. The van der Waals surface area contributed by atoms with E-state index in [4.69, 9.17) is 0 Å². The van der Waals surface area contributed by atoms with Gasteiger partial charge >= 0.3 is 16.8 Å². The fourth-order valence-electron chi connectivity index (χ4n) is 1.08. The summed E-state index contributed by atoms with van der Waals surface area (Å²) in [6, 6.07) is 2.82. The Morgan fingerprint density at radius 1 is 1.12 bits per heavy atom. The normalized spacial score (nSPS) is 9.00. The van der Waals surface area contributed by atoms with E-state index < -0.39 is 33.7 Å². The molecule has 0 bridgehead atoms. The molecule has 0 atom stereocenters. The maximum atomic E-state index is 10.5. The van der Waals surface area contributed by atoms with Crippen LogP contribution in [-0.4, -0.2) is 16.9 Å². The number of benzene rings is 1. The van der Waals surface area contributed by atoms with Crippen LogP contribution in [0.4, 0.5) is 5.69 Å². The van der Waals surface area contributed by atoms with Crippen LogP contribution in [0.1, 0.15) is 20.7 Å². The fraction of sp³-hybridized carbons (Fsp3) is 0. The number of hydrogen-bond acceptors (Lipinski definition) is 6. The van der Waals surface area contributed by atoms with Gasteiger partial charge in [0.15, 0.2) is 0 Å². The number of nitrogens with zero attached hydrogens (tertiary/aromatic N) is 1. The molecule has 8 heteroatoms. The monoisotopic (exact) mass is 268 g/mol. The number of carbonyl (C=O) groups excluding carboxylic acids is 2. The molecule has 85 valence electrons. The van der Waals surface area contributed by atoms with Crippen molar-refractivity contribution >= 4 is 17.6 Å². The number of hydrogen-bond donors (Lipinski definition) is 0. The first-order valence-corrected chi connectivity index (χ1v) is 3.65. The molecule has 0 unspecified atom stereocenters. The van der Waals surface area contributed by atoms with Crippen molar-refractivity contribution in [1.82, 2.24) is 0 Å². The van der Waals surface area contributed by atoms with E-state index in [0.29, 0.717) is 0 Å². The molecule has 0 N–H and O–H groups in total. The minimum Gasteiger partial charge on any atom is -0.545 e. The van der Waals surface area contributed by atoms with E-state index in [1.807, 2.05) is 0 Å². The second-order valence-electron chi connectivity index (χ2n) is 2.53. The molecule has 0 saturated heterocycles. The van der Waals surface area contributed by atoms with Gasteiger partial charge in [0, 0.05) is 11.6 Å². The van der Waals surface area contributed by atoms with Crippen molar-refractivity contribution in [3.8, 4) is 0 Å². The Morgan fingerprint density at radius 2 is 1.69 bits per heavy atom. The van der Waals surface area contributed by atoms with Crippen LogP contribution in [0.25, 0.3) is 0 Å². The van der Waals surface area contributed by atoms with Gasteiger partial charge in [-0.1, -0.05) is 12.1 Å². The minimum atomic E-state index is -1.93. The Labute approximate surface area is 99.0 Å². The molecule has 0 amide bonds. The van der Waals surface area contributed by atoms with Crippen LogP contribution in [0.5, 0.6) is 0 Å². The summed E-state index contributed by atoms with van der Waals surface area (Å²) in [5.41, 5.74) is -2.59. The van der Waals surface area contributed by atoms with E-state index in [0.717, 1.165) is 18.2 Å². The standard InChI is InChI=1S/C8H5NO6.Co/c10-7(11)4-2-1-3-5(9(14)15)6(4)8(12)13;/h1-3H,(H,10,11)(H,12,13);/q;+2/p-2. The topological polar surface area (TPSA) is 123 Å². The summed E-state index contributed by atoms with van der Waals surface area (Å²) in [7, 11) is 0. The van der Waals surface area contributed by atoms with Crippen molar-refractivity contribution in [2.75, 3.05) is 0 Å². The van der Waals surface area contributed by atoms with Gasteiger partial charge in [-0.3, -0.25) is 10.1 Å². The Balaban J connectivity index is 0.00000225. The second kappa shape index (κ2) is 5.23. The zero-order chi connectivity index (χ0) is 11.6. The maximum Gasteiger partial charge on any atom is 2.00 e. The third-order valence-corrected chi connectivity index (χ3v) is 1.66. The van der Waals surface area contributed by atoms with Crippen LogP contribution < -0.4 is 10.2 Å². The van der Waals surface area contributed by atoms with Gasteiger partial charge in [0.1, 0.15) is 0 Å². The average Bonchev–Trinajstić information content (AvgIpc) is 2.16. The molecule has 0 fully saturated rings. The number of nitro benzene ring substituents is 1. The quantitative estimate of drug-likeness (QED) is 0.476. The molecule has 0 aromatic heterocycles. The zero-order valence-corrected chi connectivity index (χ0v) is 8.50. The molecule has 0 spiro atoms. The van der Waals surface area contributed by atoms with Crippen LogP contribution in [0.2, 0.25) is 0 Å². The summed E-state index contributed by atoms with van der Waals surface area (Å²) >= 11 is 0. The number of carboxylic acids is 2. The van der Waals surface area contributed by atoms with Gasteiger partial charge in [-0.05, 0) is 0 Å². The number of rotatable bonds is 3. The molecule has 7 nitrogen and oxygen atoms in total. The first-order valence-electron chi connectivity index (χ1n) is 3.65. The number of carbonyl (C=O) groups is 2. The second-order valence-corrected chi connectivity index (χ2v) is 2.53. The molecular weight excluding hydrogens is 265 g/mol. The predicted octanol–water partition coefficient (Wildman–Crippen LogP) is -1.68. The molecule has 0 saturated carbocycles. The van der Waals surface area contributed by atoms with Crippen LogP contribution in [0.15, 0.2) is 18.2 Å². The van der Waals surface area contributed by atoms with Crippen molar-refractivity contribution in [3.63, 3.8) is 0 Å². The first kappa shape index (κ1) is 14.1. The van der Waals surface area contributed by atoms with Gasteiger partial charge in [0.2, 0.25) is 0 Å². The van der Waals surface area contributed by atoms with Crippen LogP contribution in [-0.2, 0) is 16.8 Å². The van der Waals surface area contributed by atoms with Crippen molar-refractivity contribution in [2.24, 2.45) is 0 Å². The number of carboxylic acid groups (broad SMARTS) is 2. The smallest absolute Gasteiger partial charge is 0.545 e. The van der Waals surface area contributed by atoms with Gasteiger partial charge < -0.3 is 19.8 Å². The Kier molecular flexibility index (Phi) is 4.60. The van der Waals surface area contributed by atoms with Crippen LogP contribution in [0.3, 0.4) is 0 Å². The third kappa shape index (κ3) is 2.55. The summed E-state index contributed by atoms with van der Waals surface area (Å²) in [4.78, 5) is 30.4. The van der Waals surface area contributed by atoms with E-state index >= 15 is 0 Å². The van der Waals surface area contributed by atoms with Crippen molar-refractivity contribution in [1.29, 1.82) is 0 Å². The molecular formula is C8H3CoNO6. The minimum absolute atomic E-state index is 0. The Hall–Kier alpha value is -1.93. The zero-order valence-electron chi connectivity index (χ0n) is 7.46. The van der Waals surface area contributed by atoms with Crippen molar-refractivity contribution < 1.29 is 41.5 Å². The first-order chi connectivity index (χ1) is 6.95. The summed E-state index contributed by atoms with van der Waals surface area (Å²) in [6.07, 6.45) is 0. The van der Waals surface area contributed by atoms with Crippen LogP contribution >= 0.6 is 0 Å². The SMILES string of the molecule is O=C([O-])c1cccc([N+](=O)[O-])c1C(=O)[O-].[Co+2]. The van der Waals surface area contributed by atoms with E-state index in [2.05, 4.69) is 0 Å². The summed E-state index contributed by atoms with van der Waals surface area (Å²) in [5.74, 6) is -3.74. The molecule has 1 aromatic carbocycles. The molecule has 1 rings (SSSR count). The van der Waals surface area contributed by atoms with E-state index in [1.165, 1.54) is 0 Å². The fourth-order valence-corrected chi connectivity index (χ4v) is 1.08. The average molecular weight is 268 g/mol. The summed E-state index contributed by atoms with van der Waals surface area (Å²) in [6.45, 7) is 0. The molecule has 0 aliphatic heterocycles. The summed E-state index contributed by atoms with van der Waals surface area (Å²) in [5, 5.41) is 31.4. The largest absolute Gasteiger partial charge is 2.00 e. The van der Waals surface area contributed by atoms with Gasteiger partial charge in [0.05, 0.1) is 22.4 Å². The third-order valence-electron chi connectivity index (χ3n) is 1.66. The molecule has 0 heterocycles. The van der Waals surface area contributed by atoms with Gasteiger partial charge in [-0.15, -0.1) is 0 Å². The van der Waals surface area contributed by atoms with E-state index in [9.17, 15) is 29.9 Å². The van der Waals surface area contributed by atoms with Crippen LogP contribution in [0, 0.1) is 10.1 Å². The number of nitro groups is 1. The van der Waals surface area contributed by atoms with E-state index in [-0.39, 0.29) is 16.8 Å².